The number of carbonyl (C=O) groups is 1. The van der Waals surface area contributed by atoms with Crippen molar-refractivity contribution in [3.8, 4) is 0 Å². The third-order valence-electron chi connectivity index (χ3n) is 7.24. The van der Waals surface area contributed by atoms with E-state index in [4.69, 9.17) is 0 Å². The van der Waals surface area contributed by atoms with Crippen LogP contribution < -0.4 is 15.1 Å². The summed E-state index contributed by atoms with van der Waals surface area (Å²) in [4.78, 5) is 32.5. The fraction of sp³-hybridized carbons (Fsp3) is 0.520. The van der Waals surface area contributed by atoms with E-state index in [1.165, 1.54) is 6.20 Å². The number of imidazole rings is 1. The number of pyridine rings is 1. The van der Waals surface area contributed by atoms with Crippen molar-refractivity contribution in [1.29, 1.82) is 0 Å². The molecule has 0 aliphatic carbocycles. The highest BCUT2D eigenvalue weighted by atomic mass is 19.1. The second-order valence-corrected chi connectivity index (χ2v) is 10.4. The number of amides is 1. The van der Waals surface area contributed by atoms with Crippen molar-refractivity contribution in [2.24, 2.45) is 5.92 Å². The fourth-order valence-corrected chi connectivity index (χ4v) is 4.79. The van der Waals surface area contributed by atoms with Crippen LogP contribution in [0.2, 0.25) is 0 Å². The highest BCUT2D eigenvalue weighted by molar-refractivity contribution is 5.82. The van der Waals surface area contributed by atoms with E-state index in [0.717, 1.165) is 36.5 Å². The molecule has 0 bridgehead atoms. The minimum absolute atomic E-state index is 0.0589. The Labute approximate surface area is 205 Å². The number of nitrogens with zero attached hydrogens (tertiary/aromatic N) is 7. The molecule has 10 heteroatoms. The van der Waals surface area contributed by atoms with Gasteiger partial charge in [0.05, 0.1) is 29.5 Å². The zero-order valence-corrected chi connectivity index (χ0v) is 21.0. The molecule has 0 spiro atoms. The van der Waals surface area contributed by atoms with Crippen molar-refractivity contribution in [1.82, 2.24) is 29.6 Å². The van der Waals surface area contributed by atoms with E-state index < -0.39 is 11.4 Å². The van der Waals surface area contributed by atoms with Crippen molar-refractivity contribution < 1.29 is 9.18 Å². The van der Waals surface area contributed by atoms with E-state index >= 15 is 0 Å². The maximum atomic E-state index is 14.6. The zero-order valence-electron chi connectivity index (χ0n) is 21.0. The average molecular weight is 481 g/mol. The molecule has 2 aliphatic heterocycles. The van der Waals surface area contributed by atoms with Crippen LogP contribution in [0.1, 0.15) is 32.0 Å². The molecular weight excluding hydrogens is 447 g/mol. The number of anilines is 2. The number of hydrogen-bond acceptors (Lipinski definition) is 7. The van der Waals surface area contributed by atoms with Crippen LogP contribution in [0.4, 0.5) is 16.2 Å². The van der Waals surface area contributed by atoms with Gasteiger partial charge in [-0.05, 0) is 46.4 Å². The Morgan fingerprint density at radius 1 is 1.11 bits per heavy atom. The molecule has 1 atom stereocenters. The van der Waals surface area contributed by atoms with Gasteiger partial charge in [-0.1, -0.05) is 6.07 Å². The van der Waals surface area contributed by atoms with Crippen molar-refractivity contribution in [2.45, 2.75) is 39.3 Å². The molecule has 1 amide bonds. The molecule has 3 aromatic rings. The Bertz CT molecular complexity index is 1250. The van der Waals surface area contributed by atoms with Crippen molar-refractivity contribution in [3.05, 3.63) is 47.8 Å². The van der Waals surface area contributed by atoms with Crippen LogP contribution in [0.25, 0.3) is 5.65 Å². The van der Waals surface area contributed by atoms with Crippen LogP contribution in [-0.2, 0) is 10.3 Å². The predicted molar refractivity (Wildman–Crippen MR) is 133 cm³/mol. The Kier molecular flexibility index (Phi) is 5.86. The number of rotatable bonds is 5. The Hall–Kier alpha value is -3.27. The van der Waals surface area contributed by atoms with E-state index in [0.29, 0.717) is 25.1 Å². The molecule has 9 nitrogen and oxygen atoms in total. The lowest BCUT2D eigenvalue weighted by Gasteiger charge is -2.41. The predicted octanol–water partition coefficient (Wildman–Crippen LogP) is 2.20. The standard InChI is InChI=1S/C25H33FN8O/c1-16-6-7-21-27-11-20(34(21)12-16)25(3,4)30-23(35)18-14-33(15-18)22-19(26)10-28-24(29-22)32-9-8-31(5)17(2)13-32/h6-7,10-12,17-18H,8-9,13-15H2,1-5H3,(H,30,35)/t17-/m1/s1. The van der Waals surface area contributed by atoms with Crippen LogP contribution in [-0.4, -0.2) is 76.0 Å². The van der Waals surface area contributed by atoms with E-state index in [1.807, 2.05) is 48.4 Å². The first-order valence-corrected chi connectivity index (χ1v) is 12.1. The van der Waals surface area contributed by atoms with Crippen LogP contribution in [0.5, 0.6) is 0 Å². The highest BCUT2D eigenvalue weighted by Crippen LogP contribution is 2.29. The number of hydrogen-bond donors (Lipinski definition) is 1. The number of aromatic nitrogens is 4. The van der Waals surface area contributed by atoms with Gasteiger partial charge in [-0.2, -0.15) is 4.98 Å². The van der Waals surface area contributed by atoms with Gasteiger partial charge in [0.2, 0.25) is 11.9 Å². The molecule has 5 rings (SSSR count). The number of nitrogens with one attached hydrogen (secondary N) is 1. The quantitative estimate of drug-likeness (QED) is 0.600. The number of carbonyl (C=O) groups excluding carboxylic acids is 1. The molecular formula is C25H33FN8O. The summed E-state index contributed by atoms with van der Waals surface area (Å²) in [6.45, 7) is 11.5. The second-order valence-electron chi connectivity index (χ2n) is 10.4. The van der Waals surface area contributed by atoms with Gasteiger partial charge in [0.1, 0.15) is 5.65 Å². The number of fused-ring (bicyclic) bond motifs is 1. The lowest BCUT2D eigenvalue weighted by Crippen LogP contribution is -2.57. The summed E-state index contributed by atoms with van der Waals surface area (Å²) in [5, 5.41) is 3.17. The molecule has 186 valence electrons. The summed E-state index contributed by atoms with van der Waals surface area (Å²) in [6, 6.07) is 4.36. The molecule has 2 aliphatic rings. The summed E-state index contributed by atoms with van der Waals surface area (Å²) in [6.07, 6.45) is 5.07. The molecule has 2 saturated heterocycles. The lowest BCUT2D eigenvalue weighted by atomic mass is 9.95. The SMILES string of the molecule is Cc1ccc2ncc(C(C)(C)NC(=O)C3CN(c4nc(N5CCN(C)[C@H](C)C5)ncc4F)C3)n2c1. The number of halogens is 1. The van der Waals surface area contributed by atoms with E-state index in [1.54, 1.807) is 6.20 Å². The molecule has 2 fully saturated rings. The Morgan fingerprint density at radius 2 is 1.89 bits per heavy atom. The molecule has 0 saturated carbocycles. The third kappa shape index (κ3) is 4.42. The summed E-state index contributed by atoms with van der Waals surface area (Å²) >= 11 is 0. The summed E-state index contributed by atoms with van der Waals surface area (Å²) in [5.74, 6) is 0.0461. The lowest BCUT2D eigenvalue weighted by molar-refractivity contribution is -0.127. The molecule has 0 unspecified atom stereocenters. The topological polar surface area (TPSA) is 81.9 Å². The largest absolute Gasteiger partial charge is 0.352 e. The van der Waals surface area contributed by atoms with Crippen LogP contribution >= 0.6 is 0 Å². The fourth-order valence-electron chi connectivity index (χ4n) is 4.79. The van der Waals surface area contributed by atoms with Gasteiger partial charge in [-0.15, -0.1) is 0 Å². The maximum Gasteiger partial charge on any atom is 0.227 e. The number of aryl methyl sites for hydroxylation is 1. The first-order chi connectivity index (χ1) is 16.6. The third-order valence-corrected chi connectivity index (χ3v) is 7.24. The summed E-state index contributed by atoms with van der Waals surface area (Å²) in [5.41, 5.74) is 2.25. The van der Waals surface area contributed by atoms with Crippen LogP contribution in [0.15, 0.2) is 30.7 Å². The zero-order chi connectivity index (χ0) is 24.9. The van der Waals surface area contributed by atoms with Crippen LogP contribution in [0.3, 0.4) is 0 Å². The normalized spacial score (nSPS) is 19.8. The summed E-state index contributed by atoms with van der Waals surface area (Å²) in [7, 11) is 2.10. The van der Waals surface area contributed by atoms with Gasteiger partial charge >= 0.3 is 0 Å². The molecule has 35 heavy (non-hydrogen) atoms. The number of piperazine rings is 1. The van der Waals surface area contributed by atoms with E-state index in [9.17, 15) is 9.18 Å². The molecule has 0 aromatic carbocycles. The van der Waals surface area contributed by atoms with E-state index in [2.05, 4.69) is 44.0 Å². The summed E-state index contributed by atoms with van der Waals surface area (Å²) < 4.78 is 16.6. The Balaban J connectivity index is 1.25. The van der Waals surface area contributed by atoms with Gasteiger partial charge < -0.3 is 24.4 Å². The van der Waals surface area contributed by atoms with Crippen molar-refractivity contribution in [3.63, 3.8) is 0 Å². The van der Waals surface area contributed by atoms with Crippen molar-refractivity contribution >= 4 is 23.3 Å². The monoisotopic (exact) mass is 480 g/mol. The first-order valence-electron chi connectivity index (χ1n) is 12.1. The average Bonchev–Trinajstić information content (AvgIpc) is 3.19. The number of likely N-dealkylation sites (N-methyl/N-ethyl adjacent to an activating group) is 1. The van der Waals surface area contributed by atoms with Gasteiger partial charge in [0.25, 0.3) is 0 Å². The molecule has 3 aromatic heterocycles. The highest BCUT2D eigenvalue weighted by Gasteiger charge is 2.38. The minimum atomic E-state index is -0.615. The maximum absolute atomic E-state index is 14.6. The smallest absolute Gasteiger partial charge is 0.227 e. The minimum Gasteiger partial charge on any atom is -0.352 e. The van der Waals surface area contributed by atoms with Crippen LogP contribution in [0, 0.1) is 18.7 Å². The second kappa shape index (κ2) is 8.75. The van der Waals surface area contributed by atoms with Gasteiger partial charge in [0, 0.05) is 45.0 Å². The van der Waals surface area contributed by atoms with Gasteiger partial charge in [-0.25, -0.2) is 14.4 Å². The van der Waals surface area contributed by atoms with Gasteiger partial charge in [-0.3, -0.25) is 4.79 Å². The van der Waals surface area contributed by atoms with Gasteiger partial charge in [0.15, 0.2) is 11.6 Å². The molecule has 5 heterocycles. The molecule has 0 radical (unpaired) electrons. The van der Waals surface area contributed by atoms with Crippen molar-refractivity contribution in [2.75, 3.05) is 49.6 Å². The Morgan fingerprint density at radius 3 is 2.63 bits per heavy atom. The van der Waals surface area contributed by atoms with E-state index in [-0.39, 0.29) is 17.6 Å². The molecule has 1 N–H and O–H groups in total. The first kappa shape index (κ1) is 23.5.